The minimum Gasteiger partial charge on any atom is -0.477 e. The fraction of sp³-hybridized carbons (Fsp3) is 0.333. The summed E-state index contributed by atoms with van der Waals surface area (Å²) < 4.78 is 11.2. The number of benzene rings is 2. The summed E-state index contributed by atoms with van der Waals surface area (Å²) in [7, 11) is 0. The lowest BCUT2D eigenvalue weighted by atomic mass is 10.1. The van der Waals surface area contributed by atoms with Crippen molar-refractivity contribution in [2.24, 2.45) is 0 Å². The molecule has 0 aromatic heterocycles. The van der Waals surface area contributed by atoms with Crippen LogP contribution in [0.2, 0.25) is 5.02 Å². The van der Waals surface area contributed by atoms with Crippen LogP contribution in [0.1, 0.15) is 0 Å². The van der Waals surface area contributed by atoms with E-state index in [0.29, 0.717) is 37.7 Å². The molecule has 0 spiro atoms. The van der Waals surface area contributed by atoms with Gasteiger partial charge in [0.15, 0.2) is 6.10 Å². The molecule has 2 heterocycles. The van der Waals surface area contributed by atoms with E-state index in [-0.39, 0.29) is 41.3 Å². The van der Waals surface area contributed by atoms with Crippen LogP contribution in [0.3, 0.4) is 0 Å². The number of ether oxygens (including phenoxy) is 2. The summed E-state index contributed by atoms with van der Waals surface area (Å²) in [6.07, 6.45) is -0.751. The Kier molecular flexibility index (Phi) is 6.42. The number of non-ortho nitro benzene ring substituents is 1. The molecule has 168 valence electrons. The van der Waals surface area contributed by atoms with Crippen molar-refractivity contribution in [1.82, 2.24) is 4.90 Å². The second-order valence-corrected chi connectivity index (χ2v) is 7.77. The van der Waals surface area contributed by atoms with Crippen LogP contribution in [0, 0.1) is 10.1 Å². The van der Waals surface area contributed by atoms with Crippen molar-refractivity contribution in [3.8, 4) is 5.75 Å². The molecule has 1 atom stereocenters. The van der Waals surface area contributed by atoms with Crippen molar-refractivity contribution in [1.29, 1.82) is 0 Å². The smallest absolute Gasteiger partial charge is 0.271 e. The Morgan fingerprint density at radius 1 is 1.19 bits per heavy atom. The predicted molar refractivity (Wildman–Crippen MR) is 117 cm³/mol. The minimum atomic E-state index is -0.751. The molecule has 1 saturated heterocycles. The van der Waals surface area contributed by atoms with Crippen LogP contribution in [0.15, 0.2) is 42.5 Å². The number of carbonyl (C=O) groups is 2. The molecule has 2 aliphatic rings. The van der Waals surface area contributed by atoms with Crippen molar-refractivity contribution in [2.45, 2.75) is 6.10 Å². The van der Waals surface area contributed by atoms with Gasteiger partial charge in [0.05, 0.1) is 47.6 Å². The van der Waals surface area contributed by atoms with Gasteiger partial charge >= 0.3 is 0 Å². The van der Waals surface area contributed by atoms with Crippen LogP contribution in [0.25, 0.3) is 0 Å². The summed E-state index contributed by atoms with van der Waals surface area (Å²) in [5.41, 5.74) is 0.799. The molecular weight excluding hydrogens is 440 g/mol. The normalized spacial score (nSPS) is 17.8. The van der Waals surface area contributed by atoms with E-state index in [1.54, 1.807) is 21.9 Å². The van der Waals surface area contributed by atoms with Crippen molar-refractivity contribution < 1.29 is 24.0 Å². The summed E-state index contributed by atoms with van der Waals surface area (Å²) >= 11 is 6.08. The van der Waals surface area contributed by atoms with Crippen LogP contribution in [0.4, 0.5) is 17.1 Å². The van der Waals surface area contributed by atoms with E-state index < -0.39 is 11.0 Å². The predicted octanol–water partition coefficient (Wildman–Crippen LogP) is 2.31. The number of fused-ring (bicyclic) bond motifs is 1. The average Bonchev–Trinajstić information content (AvgIpc) is 2.80. The van der Waals surface area contributed by atoms with Gasteiger partial charge in [0.2, 0.25) is 5.91 Å². The maximum atomic E-state index is 13.0. The molecule has 0 aliphatic carbocycles. The van der Waals surface area contributed by atoms with Gasteiger partial charge in [-0.25, -0.2) is 0 Å². The number of rotatable bonds is 5. The van der Waals surface area contributed by atoms with Crippen LogP contribution in [0.5, 0.6) is 5.75 Å². The monoisotopic (exact) mass is 460 g/mol. The maximum Gasteiger partial charge on any atom is 0.271 e. The number of para-hydroxylation sites is 2. The van der Waals surface area contributed by atoms with Gasteiger partial charge in [-0.1, -0.05) is 23.7 Å². The Hall–Kier alpha value is -3.37. The number of nitrogens with zero attached hydrogens (tertiary/aromatic N) is 3. The molecule has 0 bridgehead atoms. The van der Waals surface area contributed by atoms with Gasteiger partial charge in [-0.05, 0) is 18.2 Å². The third kappa shape index (κ3) is 4.76. The molecule has 0 saturated carbocycles. The SMILES string of the molecule is O=C(CN1C[C@H](C(=O)N2CCOCC2)Oc2ccccc21)Nc1ccc([N+](=O)[O-])cc1Cl. The van der Waals surface area contributed by atoms with Gasteiger partial charge < -0.3 is 24.6 Å². The fourth-order valence-electron chi connectivity index (χ4n) is 3.65. The van der Waals surface area contributed by atoms with Crippen molar-refractivity contribution in [2.75, 3.05) is 49.6 Å². The van der Waals surface area contributed by atoms with Gasteiger partial charge in [0.1, 0.15) is 5.75 Å². The Labute approximate surface area is 188 Å². The molecule has 2 amide bonds. The van der Waals surface area contributed by atoms with E-state index in [4.69, 9.17) is 21.1 Å². The number of nitrogens with one attached hydrogen (secondary N) is 1. The van der Waals surface area contributed by atoms with E-state index in [1.807, 2.05) is 12.1 Å². The zero-order valence-corrected chi connectivity index (χ0v) is 17.8. The number of amides is 2. The van der Waals surface area contributed by atoms with Crippen LogP contribution in [-0.4, -0.2) is 67.1 Å². The summed E-state index contributed by atoms with van der Waals surface area (Å²) in [4.78, 5) is 39.5. The zero-order valence-electron chi connectivity index (χ0n) is 17.0. The molecule has 2 aromatic carbocycles. The van der Waals surface area contributed by atoms with Crippen molar-refractivity contribution in [3.05, 3.63) is 57.6 Å². The lowest BCUT2D eigenvalue weighted by Crippen LogP contribution is -2.53. The first-order chi connectivity index (χ1) is 15.4. The summed E-state index contributed by atoms with van der Waals surface area (Å²) in [6.45, 7) is 2.11. The first-order valence-electron chi connectivity index (χ1n) is 10.0. The van der Waals surface area contributed by atoms with Gasteiger partial charge in [0, 0.05) is 25.2 Å². The highest BCUT2D eigenvalue weighted by Crippen LogP contribution is 2.34. The van der Waals surface area contributed by atoms with Gasteiger partial charge in [-0.3, -0.25) is 19.7 Å². The van der Waals surface area contributed by atoms with E-state index >= 15 is 0 Å². The topological polar surface area (TPSA) is 114 Å². The van der Waals surface area contributed by atoms with Gasteiger partial charge in [0.25, 0.3) is 11.6 Å². The van der Waals surface area contributed by atoms with E-state index in [9.17, 15) is 19.7 Å². The molecule has 0 unspecified atom stereocenters. The minimum absolute atomic E-state index is 0.0550. The number of halogens is 1. The molecule has 0 radical (unpaired) electrons. The standard InChI is InChI=1S/C21H21ClN4O6/c22-15-11-14(26(29)30)5-6-16(15)23-20(27)13-25-12-19(21(28)24-7-9-31-10-8-24)32-18-4-2-1-3-17(18)25/h1-6,11,19H,7-10,12-13H2,(H,23,27)/t19-/m1/s1. The quantitative estimate of drug-likeness (QED) is 0.538. The van der Waals surface area contributed by atoms with Crippen molar-refractivity contribution in [3.63, 3.8) is 0 Å². The number of nitro groups is 1. The number of carbonyl (C=O) groups excluding carboxylic acids is 2. The van der Waals surface area contributed by atoms with Crippen LogP contribution < -0.4 is 15.0 Å². The Morgan fingerprint density at radius 2 is 1.94 bits per heavy atom. The molecule has 2 aliphatic heterocycles. The second-order valence-electron chi connectivity index (χ2n) is 7.36. The number of hydrogen-bond acceptors (Lipinski definition) is 7. The highest BCUT2D eigenvalue weighted by molar-refractivity contribution is 6.34. The van der Waals surface area contributed by atoms with Crippen LogP contribution in [-0.2, 0) is 14.3 Å². The Balaban J connectivity index is 1.48. The molecule has 1 N–H and O–H groups in total. The highest BCUT2D eigenvalue weighted by Gasteiger charge is 2.34. The van der Waals surface area contributed by atoms with E-state index in [1.165, 1.54) is 18.2 Å². The molecule has 2 aromatic rings. The first kappa shape index (κ1) is 21.8. The van der Waals surface area contributed by atoms with Gasteiger partial charge in [-0.2, -0.15) is 0 Å². The third-order valence-electron chi connectivity index (χ3n) is 5.23. The Bertz CT molecular complexity index is 1040. The van der Waals surface area contributed by atoms with Gasteiger partial charge in [-0.15, -0.1) is 0 Å². The molecule has 10 nitrogen and oxygen atoms in total. The summed E-state index contributed by atoms with van der Waals surface area (Å²) in [5.74, 6) is -0.00631. The molecular formula is C21H21ClN4O6. The molecule has 11 heteroatoms. The maximum absolute atomic E-state index is 13.0. The van der Waals surface area contributed by atoms with Crippen molar-refractivity contribution >= 4 is 40.5 Å². The first-order valence-corrected chi connectivity index (χ1v) is 10.4. The van der Waals surface area contributed by atoms with Crippen LogP contribution >= 0.6 is 11.6 Å². The number of anilines is 2. The molecule has 32 heavy (non-hydrogen) atoms. The molecule has 1 fully saturated rings. The summed E-state index contributed by atoms with van der Waals surface area (Å²) in [6, 6.07) is 11.0. The largest absolute Gasteiger partial charge is 0.477 e. The number of morpholine rings is 1. The number of nitro benzene ring substituents is 1. The zero-order chi connectivity index (χ0) is 22.7. The fourth-order valence-corrected chi connectivity index (χ4v) is 3.88. The van der Waals surface area contributed by atoms with E-state index in [2.05, 4.69) is 5.32 Å². The Morgan fingerprint density at radius 3 is 2.66 bits per heavy atom. The average molecular weight is 461 g/mol. The number of hydrogen-bond donors (Lipinski definition) is 1. The molecule has 4 rings (SSSR count). The second kappa shape index (κ2) is 9.41. The van der Waals surface area contributed by atoms with E-state index in [0.717, 1.165) is 0 Å². The highest BCUT2D eigenvalue weighted by atomic mass is 35.5. The third-order valence-corrected chi connectivity index (χ3v) is 5.54. The lowest BCUT2D eigenvalue weighted by molar-refractivity contribution is -0.384. The lowest BCUT2D eigenvalue weighted by Gasteiger charge is -2.38. The summed E-state index contributed by atoms with van der Waals surface area (Å²) in [5, 5.41) is 13.6.